The molecule has 0 amide bonds. The first-order valence-electron chi connectivity index (χ1n) is 5.35. The molecule has 0 unspecified atom stereocenters. The first kappa shape index (κ1) is 14.6. The highest BCUT2D eigenvalue weighted by atomic mass is 35.5. The molecule has 2 aromatic rings. The zero-order valence-electron chi connectivity index (χ0n) is 9.83. The van der Waals surface area contributed by atoms with Crippen molar-refractivity contribution >= 4 is 28.6 Å². The number of hydrogen-bond donors (Lipinski definition) is 1. The molecular formula is C12H7ClF3N3S. The Kier molecular flexibility index (Phi) is 4.16. The minimum atomic E-state index is -4.56. The van der Waals surface area contributed by atoms with Crippen LogP contribution in [0.25, 0.3) is 0 Å². The van der Waals surface area contributed by atoms with E-state index in [0.29, 0.717) is 9.34 Å². The molecule has 0 bridgehead atoms. The van der Waals surface area contributed by atoms with Gasteiger partial charge in [0.1, 0.15) is 9.34 Å². The Morgan fingerprint density at radius 3 is 2.70 bits per heavy atom. The Hall–Kier alpha value is -1.78. The molecule has 1 N–H and O–H groups in total. The largest absolute Gasteiger partial charge is 0.417 e. The lowest BCUT2D eigenvalue weighted by atomic mass is 10.1. The lowest BCUT2D eigenvalue weighted by Crippen LogP contribution is -2.09. The third kappa shape index (κ3) is 3.40. The van der Waals surface area contributed by atoms with E-state index < -0.39 is 17.3 Å². The summed E-state index contributed by atoms with van der Waals surface area (Å²) in [6.45, 7) is 0.264. The second kappa shape index (κ2) is 5.69. The van der Waals surface area contributed by atoms with Crippen LogP contribution in [0, 0.1) is 11.3 Å². The zero-order chi connectivity index (χ0) is 14.8. The second-order valence-corrected chi connectivity index (χ2v) is 5.53. The molecule has 3 nitrogen and oxygen atoms in total. The Labute approximate surface area is 121 Å². The summed E-state index contributed by atoms with van der Waals surface area (Å²) in [5, 5.41) is 12.2. The van der Waals surface area contributed by atoms with Crippen molar-refractivity contribution in [2.75, 3.05) is 5.32 Å². The molecule has 104 valence electrons. The third-order valence-corrected chi connectivity index (χ3v) is 3.53. The van der Waals surface area contributed by atoms with E-state index in [1.165, 1.54) is 29.7 Å². The van der Waals surface area contributed by atoms with Crippen LogP contribution in [0.4, 0.5) is 18.9 Å². The standard InChI is InChI=1S/C12H7ClF3N3S/c13-10-5-19-11(20-10)6-18-8-2-1-7(4-17)9(3-8)12(14,15)16/h1-3,5,18H,6H2. The van der Waals surface area contributed by atoms with Crippen molar-refractivity contribution < 1.29 is 13.2 Å². The molecular weight excluding hydrogens is 311 g/mol. The van der Waals surface area contributed by atoms with Crippen molar-refractivity contribution in [3.8, 4) is 6.07 Å². The number of benzene rings is 1. The lowest BCUT2D eigenvalue weighted by molar-refractivity contribution is -0.137. The molecule has 0 aliphatic carbocycles. The van der Waals surface area contributed by atoms with Crippen molar-refractivity contribution in [3.05, 3.63) is 44.9 Å². The highest BCUT2D eigenvalue weighted by molar-refractivity contribution is 7.15. The molecule has 20 heavy (non-hydrogen) atoms. The van der Waals surface area contributed by atoms with E-state index >= 15 is 0 Å². The van der Waals surface area contributed by atoms with Crippen molar-refractivity contribution in [3.63, 3.8) is 0 Å². The quantitative estimate of drug-likeness (QED) is 0.918. The van der Waals surface area contributed by atoms with Crippen LogP contribution in [0.1, 0.15) is 16.1 Å². The molecule has 0 saturated carbocycles. The first-order chi connectivity index (χ1) is 9.40. The van der Waals surface area contributed by atoms with Crippen LogP contribution < -0.4 is 5.32 Å². The van der Waals surface area contributed by atoms with E-state index in [-0.39, 0.29) is 12.2 Å². The minimum absolute atomic E-state index is 0.264. The van der Waals surface area contributed by atoms with Gasteiger partial charge in [-0.1, -0.05) is 11.6 Å². The van der Waals surface area contributed by atoms with Gasteiger partial charge in [-0.15, -0.1) is 11.3 Å². The van der Waals surface area contributed by atoms with Gasteiger partial charge in [-0.25, -0.2) is 4.98 Å². The fourth-order valence-electron chi connectivity index (χ4n) is 1.53. The Bertz CT molecular complexity index is 661. The van der Waals surface area contributed by atoms with Crippen LogP contribution in [0.15, 0.2) is 24.4 Å². The van der Waals surface area contributed by atoms with E-state index in [2.05, 4.69) is 10.3 Å². The van der Waals surface area contributed by atoms with E-state index in [1.807, 2.05) is 0 Å². The van der Waals surface area contributed by atoms with Gasteiger partial charge in [0.25, 0.3) is 0 Å². The number of hydrogen-bond acceptors (Lipinski definition) is 4. The van der Waals surface area contributed by atoms with Gasteiger partial charge in [-0.3, -0.25) is 0 Å². The number of nitrogens with zero attached hydrogens (tertiary/aromatic N) is 2. The van der Waals surface area contributed by atoms with Crippen LogP contribution in [0.5, 0.6) is 0 Å². The Balaban J connectivity index is 2.19. The zero-order valence-corrected chi connectivity index (χ0v) is 11.4. The summed E-state index contributed by atoms with van der Waals surface area (Å²) >= 11 is 6.95. The predicted octanol–water partition coefficient (Wildman–Crippen LogP) is 4.30. The topological polar surface area (TPSA) is 48.7 Å². The van der Waals surface area contributed by atoms with E-state index in [9.17, 15) is 13.2 Å². The van der Waals surface area contributed by atoms with Gasteiger partial charge in [0.15, 0.2) is 0 Å². The number of nitrogens with one attached hydrogen (secondary N) is 1. The molecule has 8 heteroatoms. The molecule has 0 atom stereocenters. The van der Waals surface area contributed by atoms with E-state index in [4.69, 9.17) is 16.9 Å². The second-order valence-electron chi connectivity index (χ2n) is 3.78. The number of halogens is 4. The number of rotatable bonds is 3. The van der Waals surface area contributed by atoms with Crippen LogP contribution >= 0.6 is 22.9 Å². The summed E-state index contributed by atoms with van der Waals surface area (Å²) in [6.07, 6.45) is -3.09. The number of alkyl halides is 3. The van der Waals surface area contributed by atoms with Gasteiger partial charge in [-0.05, 0) is 18.2 Å². The van der Waals surface area contributed by atoms with Crippen LogP contribution in [0.2, 0.25) is 4.34 Å². The summed E-state index contributed by atoms with van der Waals surface area (Å²) in [4.78, 5) is 3.99. The highest BCUT2D eigenvalue weighted by Crippen LogP contribution is 2.33. The predicted molar refractivity (Wildman–Crippen MR) is 70.6 cm³/mol. The molecule has 0 radical (unpaired) electrons. The number of nitriles is 1. The third-order valence-electron chi connectivity index (χ3n) is 2.41. The maximum Gasteiger partial charge on any atom is 0.417 e. The summed E-state index contributed by atoms with van der Waals surface area (Å²) in [7, 11) is 0. The molecule has 1 aromatic carbocycles. The van der Waals surface area contributed by atoms with Gasteiger partial charge >= 0.3 is 6.18 Å². The number of thiazole rings is 1. The molecule has 0 aliphatic heterocycles. The van der Waals surface area contributed by atoms with E-state index in [1.54, 1.807) is 0 Å². The highest BCUT2D eigenvalue weighted by Gasteiger charge is 2.33. The first-order valence-corrected chi connectivity index (χ1v) is 6.55. The number of aromatic nitrogens is 1. The normalized spacial score (nSPS) is 11.2. The minimum Gasteiger partial charge on any atom is -0.379 e. The fourth-order valence-corrected chi connectivity index (χ4v) is 2.43. The smallest absolute Gasteiger partial charge is 0.379 e. The van der Waals surface area contributed by atoms with Crippen LogP contribution in [-0.4, -0.2) is 4.98 Å². The Morgan fingerprint density at radius 2 is 2.15 bits per heavy atom. The average Bonchev–Trinajstić information content (AvgIpc) is 2.81. The summed E-state index contributed by atoms with van der Waals surface area (Å²) in [5.41, 5.74) is -1.09. The molecule has 0 aliphatic rings. The van der Waals surface area contributed by atoms with Crippen molar-refractivity contribution in [2.24, 2.45) is 0 Å². The van der Waals surface area contributed by atoms with Crippen molar-refractivity contribution in [1.82, 2.24) is 4.98 Å². The average molecular weight is 318 g/mol. The molecule has 0 saturated heterocycles. The lowest BCUT2D eigenvalue weighted by Gasteiger charge is -2.11. The van der Waals surface area contributed by atoms with Crippen LogP contribution in [0.3, 0.4) is 0 Å². The monoisotopic (exact) mass is 317 g/mol. The van der Waals surface area contributed by atoms with Crippen molar-refractivity contribution in [2.45, 2.75) is 12.7 Å². The maximum absolute atomic E-state index is 12.8. The van der Waals surface area contributed by atoms with Gasteiger partial charge in [0, 0.05) is 5.69 Å². The SMILES string of the molecule is N#Cc1ccc(NCc2ncc(Cl)s2)cc1C(F)(F)F. The molecule has 1 aromatic heterocycles. The maximum atomic E-state index is 12.8. The van der Waals surface area contributed by atoms with E-state index in [0.717, 1.165) is 12.1 Å². The molecule has 0 spiro atoms. The molecule has 1 heterocycles. The van der Waals surface area contributed by atoms with Gasteiger partial charge < -0.3 is 5.32 Å². The Morgan fingerprint density at radius 1 is 1.40 bits per heavy atom. The van der Waals surface area contributed by atoms with Crippen molar-refractivity contribution in [1.29, 1.82) is 5.26 Å². The summed E-state index contributed by atoms with van der Waals surface area (Å²) in [6, 6.07) is 5.00. The molecule has 0 fully saturated rings. The van der Waals surface area contributed by atoms with Gasteiger partial charge in [-0.2, -0.15) is 18.4 Å². The van der Waals surface area contributed by atoms with Gasteiger partial charge in [0.2, 0.25) is 0 Å². The molecule has 2 rings (SSSR count). The number of anilines is 1. The van der Waals surface area contributed by atoms with Crippen LogP contribution in [-0.2, 0) is 12.7 Å². The van der Waals surface area contributed by atoms with Gasteiger partial charge in [0.05, 0.1) is 29.9 Å². The summed E-state index contributed by atoms with van der Waals surface area (Å²) in [5.74, 6) is 0. The summed E-state index contributed by atoms with van der Waals surface area (Å²) < 4.78 is 38.8. The fraction of sp³-hybridized carbons (Fsp3) is 0.167.